The Hall–Kier alpha value is -1.16. The molecule has 17 heavy (non-hydrogen) atoms. The van der Waals surface area contributed by atoms with Crippen molar-refractivity contribution in [2.75, 3.05) is 13.7 Å². The lowest BCUT2D eigenvalue weighted by molar-refractivity contribution is 0.0148. The van der Waals surface area contributed by atoms with E-state index in [0.29, 0.717) is 5.56 Å². The zero-order valence-electron chi connectivity index (χ0n) is 10.6. The van der Waals surface area contributed by atoms with Gasteiger partial charge >= 0.3 is 0 Å². The molecule has 0 saturated heterocycles. The standard InChI is InChI=1S/C13H18F2O2/c1-8-5-6-10(13(3,14)15)12(17-4)11(8)9(2)7-16/h5-6,9,16H,7H2,1-4H3. The molecular formula is C13H18F2O2. The molecule has 0 aliphatic rings. The van der Waals surface area contributed by atoms with Gasteiger partial charge in [-0.25, -0.2) is 8.78 Å². The van der Waals surface area contributed by atoms with E-state index in [0.717, 1.165) is 12.5 Å². The van der Waals surface area contributed by atoms with E-state index in [-0.39, 0.29) is 23.8 Å². The molecule has 0 aliphatic heterocycles. The summed E-state index contributed by atoms with van der Waals surface area (Å²) >= 11 is 0. The summed E-state index contributed by atoms with van der Waals surface area (Å²) in [6.45, 7) is 4.34. The van der Waals surface area contributed by atoms with Crippen molar-refractivity contribution in [3.05, 3.63) is 28.8 Å². The maximum Gasteiger partial charge on any atom is 0.274 e. The maximum absolute atomic E-state index is 13.4. The number of rotatable bonds is 4. The van der Waals surface area contributed by atoms with Gasteiger partial charge in [0.2, 0.25) is 0 Å². The first-order valence-electron chi connectivity index (χ1n) is 5.49. The second-order valence-electron chi connectivity index (χ2n) is 4.35. The number of alkyl halides is 2. The number of methoxy groups -OCH3 is 1. The topological polar surface area (TPSA) is 29.5 Å². The molecule has 1 N–H and O–H groups in total. The van der Waals surface area contributed by atoms with Crippen LogP contribution in [-0.4, -0.2) is 18.8 Å². The van der Waals surface area contributed by atoms with Gasteiger partial charge in [-0.2, -0.15) is 0 Å². The Morgan fingerprint density at radius 1 is 1.41 bits per heavy atom. The number of benzene rings is 1. The fourth-order valence-corrected chi connectivity index (χ4v) is 1.97. The summed E-state index contributed by atoms with van der Waals surface area (Å²) in [4.78, 5) is 0. The zero-order valence-corrected chi connectivity index (χ0v) is 10.6. The molecule has 0 bridgehead atoms. The van der Waals surface area contributed by atoms with Gasteiger partial charge in [0.15, 0.2) is 0 Å². The maximum atomic E-state index is 13.4. The molecule has 0 radical (unpaired) electrons. The van der Waals surface area contributed by atoms with E-state index in [1.165, 1.54) is 13.2 Å². The first-order chi connectivity index (χ1) is 7.82. The fraction of sp³-hybridized carbons (Fsp3) is 0.538. The van der Waals surface area contributed by atoms with Gasteiger partial charge in [-0.3, -0.25) is 0 Å². The third-order valence-electron chi connectivity index (χ3n) is 2.86. The summed E-state index contributed by atoms with van der Waals surface area (Å²) in [5.41, 5.74) is 1.35. The van der Waals surface area contributed by atoms with Crippen LogP contribution in [0.4, 0.5) is 8.78 Å². The molecule has 0 fully saturated rings. The van der Waals surface area contributed by atoms with Crippen LogP contribution in [0.5, 0.6) is 5.75 Å². The highest BCUT2D eigenvalue weighted by molar-refractivity contribution is 5.49. The summed E-state index contributed by atoms with van der Waals surface area (Å²) < 4.78 is 32.0. The van der Waals surface area contributed by atoms with Crippen molar-refractivity contribution in [3.8, 4) is 5.75 Å². The molecule has 1 aromatic carbocycles. The van der Waals surface area contributed by atoms with Crippen LogP contribution in [0.25, 0.3) is 0 Å². The average molecular weight is 244 g/mol. The van der Waals surface area contributed by atoms with Gasteiger partial charge in [-0.05, 0) is 18.6 Å². The Morgan fingerprint density at radius 2 is 2.00 bits per heavy atom. The molecule has 0 amide bonds. The van der Waals surface area contributed by atoms with Crippen LogP contribution < -0.4 is 4.74 Å². The smallest absolute Gasteiger partial charge is 0.274 e. The summed E-state index contributed by atoms with van der Waals surface area (Å²) in [7, 11) is 1.37. The van der Waals surface area contributed by atoms with E-state index in [1.54, 1.807) is 13.0 Å². The number of aryl methyl sites for hydroxylation is 1. The van der Waals surface area contributed by atoms with Gasteiger partial charge in [0.05, 0.1) is 12.7 Å². The second kappa shape index (κ2) is 5.00. The monoisotopic (exact) mass is 244 g/mol. The van der Waals surface area contributed by atoms with Gasteiger partial charge in [0.1, 0.15) is 5.75 Å². The van der Waals surface area contributed by atoms with E-state index in [2.05, 4.69) is 0 Å². The van der Waals surface area contributed by atoms with Crippen molar-refractivity contribution < 1.29 is 18.6 Å². The minimum Gasteiger partial charge on any atom is -0.496 e. The molecule has 0 spiro atoms. The number of ether oxygens (including phenoxy) is 1. The molecule has 1 atom stereocenters. The van der Waals surface area contributed by atoms with E-state index in [4.69, 9.17) is 4.74 Å². The minimum absolute atomic E-state index is 0.101. The highest BCUT2D eigenvalue weighted by Gasteiger charge is 2.31. The van der Waals surface area contributed by atoms with Crippen molar-refractivity contribution in [1.82, 2.24) is 0 Å². The predicted molar refractivity (Wildman–Crippen MR) is 62.8 cm³/mol. The predicted octanol–water partition coefficient (Wildman–Crippen LogP) is 3.21. The summed E-state index contributed by atoms with van der Waals surface area (Å²) in [5.74, 6) is -3.01. The summed E-state index contributed by atoms with van der Waals surface area (Å²) in [5, 5.41) is 9.18. The molecule has 0 aliphatic carbocycles. The summed E-state index contributed by atoms with van der Waals surface area (Å²) in [6, 6.07) is 3.01. The first kappa shape index (κ1) is 13.9. The molecule has 2 nitrogen and oxygen atoms in total. The molecular weight excluding hydrogens is 226 g/mol. The quantitative estimate of drug-likeness (QED) is 0.881. The number of aliphatic hydroxyl groups excluding tert-OH is 1. The molecule has 0 aromatic heterocycles. The van der Waals surface area contributed by atoms with Crippen molar-refractivity contribution in [2.45, 2.75) is 32.6 Å². The molecule has 0 saturated carbocycles. The number of hydrogen-bond donors (Lipinski definition) is 1. The van der Waals surface area contributed by atoms with Crippen molar-refractivity contribution >= 4 is 0 Å². The van der Waals surface area contributed by atoms with Crippen LogP contribution in [0.2, 0.25) is 0 Å². The first-order valence-corrected chi connectivity index (χ1v) is 5.49. The lowest BCUT2D eigenvalue weighted by Gasteiger charge is -2.22. The van der Waals surface area contributed by atoms with Gasteiger partial charge in [-0.1, -0.05) is 13.0 Å². The lowest BCUT2D eigenvalue weighted by Crippen LogP contribution is -2.13. The van der Waals surface area contributed by atoms with Crippen molar-refractivity contribution in [2.24, 2.45) is 0 Å². The Balaban J connectivity index is 3.47. The largest absolute Gasteiger partial charge is 0.496 e. The third-order valence-corrected chi connectivity index (χ3v) is 2.86. The van der Waals surface area contributed by atoms with Crippen molar-refractivity contribution in [3.63, 3.8) is 0 Å². The van der Waals surface area contributed by atoms with Gasteiger partial charge in [-0.15, -0.1) is 0 Å². The fourth-order valence-electron chi connectivity index (χ4n) is 1.97. The van der Waals surface area contributed by atoms with Crippen LogP contribution in [0.15, 0.2) is 12.1 Å². The summed E-state index contributed by atoms with van der Waals surface area (Å²) in [6.07, 6.45) is 0. The molecule has 0 heterocycles. The van der Waals surface area contributed by atoms with Crippen LogP contribution in [0, 0.1) is 6.92 Å². The van der Waals surface area contributed by atoms with E-state index < -0.39 is 5.92 Å². The van der Waals surface area contributed by atoms with Crippen LogP contribution in [0.3, 0.4) is 0 Å². The number of hydrogen-bond acceptors (Lipinski definition) is 2. The Labute approximate surface area is 100 Å². The molecule has 4 heteroatoms. The Bertz CT molecular complexity index is 397. The SMILES string of the molecule is COc1c(C(C)(F)F)ccc(C)c1C(C)CO. The van der Waals surface area contributed by atoms with Crippen LogP contribution in [-0.2, 0) is 5.92 Å². The molecule has 1 unspecified atom stereocenters. The highest BCUT2D eigenvalue weighted by atomic mass is 19.3. The van der Waals surface area contributed by atoms with E-state index in [1.807, 2.05) is 6.92 Å². The zero-order chi connectivity index (χ0) is 13.2. The van der Waals surface area contributed by atoms with Gasteiger partial charge in [0.25, 0.3) is 5.92 Å². The molecule has 96 valence electrons. The van der Waals surface area contributed by atoms with Crippen molar-refractivity contribution in [1.29, 1.82) is 0 Å². The van der Waals surface area contributed by atoms with Gasteiger partial charge in [0, 0.05) is 25.0 Å². The third kappa shape index (κ3) is 2.75. The van der Waals surface area contributed by atoms with Gasteiger partial charge < -0.3 is 9.84 Å². The van der Waals surface area contributed by atoms with E-state index >= 15 is 0 Å². The Kier molecular flexibility index (Phi) is 4.09. The number of halogens is 2. The van der Waals surface area contributed by atoms with E-state index in [9.17, 15) is 13.9 Å². The highest BCUT2D eigenvalue weighted by Crippen LogP contribution is 2.40. The Morgan fingerprint density at radius 3 is 2.41 bits per heavy atom. The molecule has 1 rings (SSSR count). The van der Waals surface area contributed by atoms with Crippen LogP contribution in [0.1, 0.15) is 36.5 Å². The normalized spacial score (nSPS) is 13.6. The lowest BCUT2D eigenvalue weighted by atomic mass is 9.92. The van der Waals surface area contributed by atoms with Crippen LogP contribution >= 0.6 is 0 Å². The number of aliphatic hydroxyl groups is 1. The second-order valence-corrected chi connectivity index (χ2v) is 4.35. The molecule has 1 aromatic rings. The minimum atomic E-state index is -2.96. The average Bonchev–Trinajstić information content (AvgIpc) is 2.25.